The zero-order valence-electron chi connectivity index (χ0n) is 16.7. The predicted molar refractivity (Wildman–Crippen MR) is 126 cm³/mol. The zero-order valence-corrected chi connectivity index (χ0v) is 19.1. The highest BCUT2D eigenvalue weighted by molar-refractivity contribution is 7.80. The number of halogens is 2. The molecule has 1 unspecified atom stereocenters. The van der Waals surface area contributed by atoms with Crippen LogP contribution in [0.25, 0.3) is 0 Å². The molecule has 2 aromatic rings. The smallest absolute Gasteiger partial charge is 0.260 e. The lowest BCUT2D eigenvalue weighted by Crippen LogP contribution is -2.51. The van der Waals surface area contributed by atoms with E-state index in [1.165, 1.54) is 0 Å². The number of nitrogens with one attached hydrogen (secondary N) is 3. The highest BCUT2D eigenvalue weighted by Crippen LogP contribution is 2.40. The molecular weight excluding hydrogens is 443 g/mol. The van der Waals surface area contributed by atoms with Gasteiger partial charge in [0, 0.05) is 0 Å². The Labute approximate surface area is 190 Å². The average molecular weight is 465 g/mol. The molecule has 30 heavy (non-hydrogen) atoms. The Morgan fingerprint density at radius 3 is 2.40 bits per heavy atom. The maximum absolute atomic E-state index is 12.6. The van der Waals surface area contributed by atoms with Crippen molar-refractivity contribution in [1.29, 1.82) is 0 Å². The van der Waals surface area contributed by atoms with Crippen LogP contribution in [0.2, 0.25) is 10.0 Å². The van der Waals surface area contributed by atoms with Gasteiger partial charge in [0.25, 0.3) is 5.91 Å². The van der Waals surface area contributed by atoms with E-state index >= 15 is 0 Å². The summed E-state index contributed by atoms with van der Waals surface area (Å²) in [6.07, 6.45) is 0.580. The molecule has 0 aliphatic carbocycles. The van der Waals surface area contributed by atoms with Gasteiger partial charge in [0.15, 0.2) is 5.11 Å². The van der Waals surface area contributed by atoms with Crippen molar-refractivity contribution in [3.8, 4) is 0 Å². The Hall–Kier alpha value is -2.35. The molecular formula is C21H22Cl2N4O2S. The van der Waals surface area contributed by atoms with Crippen molar-refractivity contribution in [3.63, 3.8) is 0 Å². The van der Waals surface area contributed by atoms with Crippen LogP contribution in [0.15, 0.2) is 30.3 Å². The molecule has 0 saturated carbocycles. The Morgan fingerprint density at radius 2 is 1.80 bits per heavy atom. The van der Waals surface area contributed by atoms with Crippen molar-refractivity contribution in [2.45, 2.75) is 32.6 Å². The molecule has 6 nitrogen and oxygen atoms in total. The van der Waals surface area contributed by atoms with Gasteiger partial charge in [-0.1, -0.05) is 49.2 Å². The van der Waals surface area contributed by atoms with Crippen molar-refractivity contribution < 1.29 is 9.59 Å². The predicted octanol–water partition coefficient (Wildman–Crippen LogP) is 4.96. The van der Waals surface area contributed by atoms with E-state index in [-0.39, 0.29) is 28.2 Å². The number of nitrogen functional groups attached to an aromatic ring is 1. The van der Waals surface area contributed by atoms with Gasteiger partial charge in [0.2, 0.25) is 5.91 Å². The van der Waals surface area contributed by atoms with Crippen LogP contribution in [-0.4, -0.2) is 16.9 Å². The third kappa shape index (κ3) is 4.10. The average Bonchev–Trinajstić information content (AvgIpc) is 2.64. The summed E-state index contributed by atoms with van der Waals surface area (Å²) in [6.45, 7) is 5.88. The van der Waals surface area contributed by atoms with Crippen LogP contribution in [0.3, 0.4) is 0 Å². The Balaban J connectivity index is 1.94. The van der Waals surface area contributed by atoms with Crippen LogP contribution in [0.4, 0.5) is 17.1 Å². The van der Waals surface area contributed by atoms with Crippen molar-refractivity contribution in [1.82, 2.24) is 5.32 Å². The molecule has 1 aliphatic heterocycles. The molecule has 5 N–H and O–H groups in total. The second-order valence-electron chi connectivity index (χ2n) is 7.84. The molecule has 1 heterocycles. The molecule has 3 rings (SSSR count). The summed E-state index contributed by atoms with van der Waals surface area (Å²) in [6, 6.07) is 8.55. The van der Waals surface area contributed by atoms with E-state index in [0.29, 0.717) is 33.4 Å². The number of fused-ring (bicyclic) bond motifs is 1. The van der Waals surface area contributed by atoms with E-state index < -0.39 is 11.3 Å². The Bertz CT molecular complexity index is 1040. The van der Waals surface area contributed by atoms with Crippen LogP contribution in [-0.2, 0) is 10.2 Å². The van der Waals surface area contributed by atoms with E-state index in [1.807, 2.05) is 20.8 Å². The molecule has 0 radical (unpaired) electrons. The maximum Gasteiger partial charge on any atom is 0.260 e. The van der Waals surface area contributed by atoms with Gasteiger partial charge in [-0.2, -0.15) is 0 Å². The first kappa shape index (κ1) is 22.3. The van der Waals surface area contributed by atoms with Crippen LogP contribution >= 0.6 is 35.4 Å². The van der Waals surface area contributed by atoms with Crippen molar-refractivity contribution in [2.24, 2.45) is 5.92 Å². The van der Waals surface area contributed by atoms with Crippen LogP contribution < -0.4 is 21.7 Å². The Morgan fingerprint density at radius 1 is 1.17 bits per heavy atom. The molecule has 0 saturated heterocycles. The molecule has 1 atom stereocenters. The number of carbonyl (C=O) groups is 2. The summed E-state index contributed by atoms with van der Waals surface area (Å²) in [7, 11) is 0. The first-order valence-electron chi connectivity index (χ1n) is 9.35. The summed E-state index contributed by atoms with van der Waals surface area (Å²) in [5.41, 5.74) is 7.46. The number of nitrogens with two attached hydrogens (primary N) is 1. The van der Waals surface area contributed by atoms with Crippen LogP contribution in [0.5, 0.6) is 0 Å². The molecule has 0 aromatic heterocycles. The minimum absolute atomic E-state index is 0.203. The zero-order chi connectivity index (χ0) is 22.2. The van der Waals surface area contributed by atoms with Gasteiger partial charge in [0.1, 0.15) is 0 Å². The molecule has 0 bridgehead atoms. The SMILES string of the molecule is CC(C)CC1(C)C(=O)NC(=O)c2c1ccc(NC(=S)Nc1c(Cl)cccc1Cl)c2N. The number of anilines is 3. The number of imide groups is 1. The second-order valence-corrected chi connectivity index (χ2v) is 9.06. The molecule has 158 valence electrons. The maximum atomic E-state index is 12.6. The van der Waals surface area contributed by atoms with E-state index in [1.54, 1.807) is 30.3 Å². The largest absolute Gasteiger partial charge is 0.396 e. The van der Waals surface area contributed by atoms with Crippen LogP contribution in [0, 0.1) is 5.92 Å². The normalized spacial score (nSPS) is 18.1. The minimum atomic E-state index is -0.853. The third-order valence-corrected chi connectivity index (χ3v) is 5.90. The first-order valence-corrected chi connectivity index (χ1v) is 10.5. The molecule has 2 aromatic carbocycles. The second kappa shape index (κ2) is 8.41. The number of thiocarbonyl (C=S) groups is 1. The molecule has 0 spiro atoms. The highest BCUT2D eigenvalue weighted by atomic mass is 35.5. The lowest BCUT2D eigenvalue weighted by molar-refractivity contribution is -0.126. The van der Waals surface area contributed by atoms with Gasteiger partial charge < -0.3 is 16.4 Å². The minimum Gasteiger partial charge on any atom is -0.396 e. The van der Waals surface area contributed by atoms with Gasteiger partial charge in [0.05, 0.1) is 38.1 Å². The first-order chi connectivity index (χ1) is 14.0. The number of hydrogen-bond donors (Lipinski definition) is 4. The molecule has 0 fully saturated rings. The van der Waals surface area contributed by atoms with Gasteiger partial charge in [-0.05, 0) is 55.2 Å². The summed E-state index contributed by atoms with van der Waals surface area (Å²) in [5.74, 6) is -0.595. The van der Waals surface area contributed by atoms with Gasteiger partial charge in [-0.25, -0.2) is 0 Å². The molecule has 1 aliphatic rings. The van der Waals surface area contributed by atoms with E-state index in [0.717, 1.165) is 0 Å². The quantitative estimate of drug-likeness (QED) is 0.290. The van der Waals surface area contributed by atoms with Crippen LogP contribution in [0.1, 0.15) is 43.1 Å². The van der Waals surface area contributed by atoms with Gasteiger partial charge in [-0.3, -0.25) is 14.9 Å². The highest BCUT2D eigenvalue weighted by Gasteiger charge is 2.44. The van der Waals surface area contributed by atoms with Crippen molar-refractivity contribution >= 4 is 69.4 Å². The number of amides is 2. The number of hydrogen-bond acceptors (Lipinski definition) is 4. The van der Waals surface area contributed by atoms with Gasteiger partial charge in [-0.15, -0.1) is 0 Å². The van der Waals surface area contributed by atoms with E-state index in [4.69, 9.17) is 41.2 Å². The summed E-state index contributed by atoms with van der Waals surface area (Å²) >= 11 is 17.7. The number of benzene rings is 2. The Kier molecular flexibility index (Phi) is 6.26. The van der Waals surface area contributed by atoms with Gasteiger partial charge >= 0.3 is 0 Å². The fourth-order valence-electron chi connectivity index (χ4n) is 3.76. The molecule has 9 heteroatoms. The monoisotopic (exact) mass is 464 g/mol. The fraction of sp³-hybridized carbons (Fsp3) is 0.286. The summed E-state index contributed by atoms with van der Waals surface area (Å²) < 4.78 is 0. The third-order valence-electron chi connectivity index (χ3n) is 5.06. The van der Waals surface area contributed by atoms with E-state index in [9.17, 15) is 9.59 Å². The lowest BCUT2D eigenvalue weighted by atomic mass is 9.71. The standard InChI is InChI=1S/C21H22Cl2N4O2S/c1-10(2)9-21(3)11-7-8-14(16(24)15(11)18(28)27-19(21)29)25-20(30)26-17-12(22)5-4-6-13(17)23/h4-8,10H,9,24H2,1-3H3,(H2,25,26,30)(H,27,28,29). The number of para-hydroxylation sites is 1. The lowest BCUT2D eigenvalue weighted by Gasteiger charge is -2.36. The fourth-order valence-corrected chi connectivity index (χ4v) is 4.47. The summed E-state index contributed by atoms with van der Waals surface area (Å²) in [5, 5.41) is 9.38. The topological polar surface area (TPSA) is 96.2 Å². The van der Waals surface area contributed by atoms with Crippen molar-refractivity contribution in [3.05, 3.63) is 51.5 Å². The summed E-state index contributed by atoms with van der Waals surface area (Å²) in [4.78, 5) is 25.2. The molecule has 2 amide bonds. The van der Waals surface area contributed by atoms with E-state index in [2.05, 4.69) is 16.0 Å². The number of rotatable bonds is 4. The number of carbonyl (C=O) groups excluding carboxylic acids is 2. The van der Waals surface area contributed by atoms with Crippen molar-refractivity contribution in [2.75, 3.05) is 16.4 Å².